The summed E-state index contributed by atoms with van der Waals surface area (Å²) in [5.74, 6) is -0.400. The maximum atomic E-state index is 11.8. The molecule has 0 aromatic carbocycles. The monoisotopic (exact) mass is 249 g/mol. The molecule has 1 amide bonds. The van der Waals surface area contributed by atoms with Gasteiger partial charge in [0.05, 0.1) is 0 Å². The Labute approximate surface area is 107 Å². The summed E-state index contributed by atoms with van der Waals surface area (Å²) in [5.41, 5.74) is 0.0890. The molecule has 2 N–H and O–H groups in total. The highest BCUT2D eigenvalue weighted by Gasteiger charge is 2.19. The number of carbonyl (C=O) groups is 1. The number of amides is 1. The molecule has 1 aliphatic rings. The molecule has 1 atom stereocenters. The molecule has 2 heterocycles. The van der Waals surface area contributed by atoms with Gasteiger partial charge >= 0.3 is 0 Å². The molecule has 1 aromatic heterocycles. The fraction of sp³-hybridized carbons (Fsp3) is 0.538. The second-order valence-corrected chi connectivity index (χ2v) is 4.67. The lowest BCUT2D eigenvalue weighted by Crippen LogP contribution is -2.40. The van der Waals surface area contributed by atoms with Crippen LogP contribution in [0.1, 0.15) is 30.3 Å². The maximum absolute atomic E-state index is 11.8. The number of aromatic hydroxyl groups is 1. The van der Waals surface area contributed by atoms with Crippen LogP contribution in [0.25, 0.3) is 0 Å². The van der Waals surface area contributed by atoms with E-state index >= 15 is 0 Å². The van der Waals surface area contributed by atoms with Crippen molar-refractivity contribution in [2.45, 2.75) is 25.8 Å². The Balaban J connectivity index is 1.86. The van der Waals surface area contributed by atoms with E-state index in [2.05, 4.69) is 22.1 Å². The van der Waals surface area contributed by atoms with Gasteiger partial charge in [-0.2, -0.15) is 0 Å². The molecule has 5 heteroatoms. The molecule has 0 spiro atoms. The van der Waals surface area contributed by atoms with Crippen molar-refractivity contribution in [3.63, 3.8) is 0 Å². The Bertz CT molecular complexity index is 416. The number of nitrogens with one attached hydrogen (secondary N) is 1. The summed E-state index contributed by atoms with van der Waals surface area (Å²) in [6.07, 6.45) is 3.97. The molecule has 5 nitrogen and oxygen atoms in total. The number of carbonyl (C=O) groups excluding carboxylic acids is 1. The van der Waals surface area contributed by atoms with Crippen LogP contribution in [0.2, 0.25) is 0 Å². The molecule has 1 fully saturated rings. The minimum absolute atomic E-state index is 0.0798. The van der Waals surface area contributed by atoms with Gasteiger partial charge in [0.1, 0.15) is 5.75 Å². The molecule has 98 valence electrons. The summed E-state index contributed by atoms with van der Waals surface area (Å²) >= 11 is 0. The number of hydrogen-bond acceptors (Lipinski definition) is 4. The Morgan fingerprint density at radius 1 is 1.56 bits per heavy atom. The number of likely N-dealkylation sites (tertiary alicyclic amines) is 1. The molecular weight excluding hydrogens is 230 g/mol. The van der Waals surface area contributed by atoms with Gasteiger partial charge in [-0.05, 0) is 45.0 Å². The molecular formula is C13H19N3O2. The predicted octanol–water partition coefficient (Wildman–Crippen LogP) is 1.00. The molecule has 0 aliphatic carbocycles. The summed E-state index contributed by atoms with van der Waals surface area (Å²) < 4.78 is 0. The summed E-state index contributed by atoms with van der Waals surface area (Å²) in [6, 6.07) is 3.38. The molecule has 0 bridgehead atoms. The van der Waals surface area contributed by atoms with Crippen LogP contribution in [0.3, 0.4) is 0 Å². The van der Waals surface area contributed by atoms with E-state index in [-0.39, 0.29) is 17.4 Å². The van der Waals surface area contributed by atoms with Gasteiger partial charge in [0, 0.05) is 18.8 Å². The van der Waals surface area contributed by atoms with Gasteiger partial charge in [-0.15, -0.1) is 0 Å². The highest BCUT2D eigenvalue weighted by Crippen LogP contribution is 2.13. The van der Waals surface area contributed by atoms with Crippen molar-refractivity contribution in [3.05, 3.63) is 24.0 Å². The van der Waals surface area contributed by atoms with Crippen LogP contribution in [-0.2, 0) is 0 Å². The van der Waals surface area contributed by atoms with Crippen LogP contribution < -0.4 is 5.32 Å². The van der Waals surface area contributed by atoms with Crippen LogP contribution in [-0.4, -0.2) is 46.6 Å². The largest absolute Gasteiger partial charge is 0.505 e. The SMILES string of the molecule is CC(CNC(=O)c1ncccc1O)N1CCCC1. The molecule has 1 aromatic rings. The zero-order valence-electron chi connectivity index (χ0n) is 10.6. The predicted molar refractivity (Wildman–Crippen MR) is 68.5 cm³/mol. The Morgan fingerprint density at radius 3 is 2.94 bits per heavy atom. The standard InChI is InChI=1S/C13H19N3O2/c1-10(16-7-2-3-8-16)9-15-13(18)12-11(17)5-4-6-14-12/h4-6,10,17H,2-3,7-9H2,1H3,(H,15,18). The normalized spacial score (nSPS) is 17.6. The van der Waals surface area contributed by atoms with E-state index < -0.39 is 0 Å². The van der Waals surface area contributed by atoms with E-state index in [0.29, 0.717) is 12.6 Å². The van der Waals surface area contributed by atoms with E-state index in [1.807, 2.05) is 0 Å². The summed E-state index contributed by atoms with van der Waals surface area (Å²) in [6.45, 7) is 4.89. The van der Waals surface area contributed by atoms with Gasteiger partial charge in [-0.3, -0.25) is 9.69 Å². The van der Waals surface area contributed by atoms with Gasteiger partial charge in [-0.1, -0.05) is 0 Å². The molecule has 1 aliphatic heterocycles. The summed E-state index contributed by atoms with van der Waals surface area (Å²) in [7, 11) is 0. The molecule has 18 heavy (non-hydrogen) atoms. The number of rotatable bonds is 4. The van der Waals surface area contributed by atoms with Crippen LogP contribution in [0, 0.1) is 0 Å². The first-order valence-electron chi connectivity index (χ1n) is 6.34. The first kappa shape index (κ1) is 12.8. The number of nitrogens with zero attached hydrogens (tertiary/aromatic N) is 2. The second-order valence-electron chi connectivity index (χ2n) is 4.67. The van der Waals surface area contributed by atoms with Crippen LogP contribution in [0.4, 0.5) is 0 Å². The van der Waals surface area contributed by atoms with Crippen molar-refractivity contribution in [1.29, 1.82) is 0 Å². The smallest absolute Gasteiger partial charge is 0.273 e. The third-order valence-corrected chi connectivity index (χ3v) is 3.32. The minimum Gasteiger partial charge on any atom is -0.505 e. The molecule has 2 rings (SSSR count). The molecule has 0 radical (unpaired) electrons. The third-order valence-electron chi connectivity index (χ3n) is 3.32. The lowest BCUT2D eigenvalue weighted by molar-refractivity contribution is 0.0932. The zero-order valence-corrected chi connectivity index (χ0v) is 10.6. The minimum atomic E-state index is -0.320. The second kappa shape index (κ2) is 5.82. The highest BCUT2D eigenvalue weighted by atomic mass is 16.3. The molecule has 0 saturated carbocycles. The van der Waals surface area contributed by atoms with Crippen LogP contribution in [0.5, 0.6) is 5.75 Å². The average molecular weight is 249 g/mol. The first-order valence-corrected chi connectivity index (χ1v) is 6.34. The molecule has 1 saturated heterocycles. The molecule has 1 unspecified atom stereocenters. The fourth-order valence-electron chi connectivity index (χ4n) is 2.21. The van der Waals surface area contributed by atoms with Crippen molar-refractivity contribution in [2.24, 2.45) is 0 Å². The summed E-state index contributed by atoms with van der Waals surface area (Å²) in [4.78, 5) is 18.1. The lowest BCUT2D eigenvalue weighted by Gasteiger charge is -2.23. The van der Waals surface area contributed by atoms with Gasteiger partial charge in [-0.25, -0.2) is 4.98 Å². The van der Waals surface area contributed by atoms with E-state index in [9.17, 15) is 9.90 Å². The van der Waals surface area contributed by atoms with Crippen molar-refractivity contribution in [1.82, 2.24) is 15.2 Å². The van der Waals surface area contributed by atoms with Crippen molar-refractivity contribution >= 4 is 5.91 Å². The van der Waals surface area contributed by atoms with Crippen molar-refractivity contribution in [2.75, 3.05) is 19.6 Å². The van der Waals surface area contributed by atoms with Crippen molar-refractivity contribution in [3.8, 4) is 5.75 Å². The first-order chi connectivity index (χ1) is 8.68. The van der Waals surface area contributed by atoms with Crippen LogP contribution >= 0.6 is 0 Å². The lowest BCUT2D eigenvalue weighted by atomic mass is 10.2. The Kier molecular flexibility index (Phi) is 4.15. The van der Waals surface area contributed by atoms with Crippen LogP contribution in [0.15, 0.2) is 18.3 Å². The van der Waals surface area contributed by atoms with Gasteiger partial charge in [0.25, 0.3) is 5.91 Å². The highest BCUT2D eigenvalue weighted by molar-refractivity contribution is 5.94. The quantitative estimate of drug-likeness (QED) is 0.835. The number of pyridine rings is 1. The van der Waals surface area contributed by atoms with E-state index in [1.165, 1.54) is 25.1 Å². The number of aromatic nitrogens is 1. The van der Waals surface area contributed by atoms with E-state index in [4.69, 9.17) is 0 Å². The zero-order chi connectivity index (χ0) is 13.0. The number of hydrogen-bond donors (Lipinski definition) is 2. The van der Waals surface area contributed by atoms with Gasteiger partial charge in [0.2, 0.25) is 0 Å². The van der Waals surface area contributed by atoms with E-state index in [1.54, 1.807) is 6.07 Å². The fourth-order valence-corrected chi connectivity index (χ4v) is 2.21. The Morgan fingerprint density at radius 2 is 2.28 bits per heavy atom. The van der Waals surface area contributed by atoms with Crippen molar-refractivity contribution < 1.29 is 9.90 Å². The topological polar surface area (TPSA) is 65.5 Å². The Hall–Kier alpha value is -1.62. The maximum Gasteiger partial charge on any atom is 0.273 e. The average Bonchev–Trinajstić information content (AvgIpc) is 2.90. The van der Waals surface area contributed by atoms with Gasteiger partial charge < -0.3 is 10.4 Å². The van der Waals surface area contributed by atoms with Gasteiger partial charge in [0.15, 0.2) is 5.69 Å². The summed E-state index contributed by atoms with van der Waals surface area (Å²) in [5, 5.41) is 12.3. The third kappa shape index (κ3) is 2.98. The van der Waals surface area contributed by atoms with E-state index in [0.717, 1.165) is 13.1 Å².